The largest absolute Gasteiger partial charge is 0.489 e. The summed E-state index contributed by atoms with van der Waals surface area (Å²) < 4.78 is 6.12. The van der Waals surface area contributed by atoms with E-state index in [-0.39, 0.29) is 0 Å². The molecule has 1 aliphatic rings. The summed E-state index contributed by atoms with van der Waals surface area (Å²) in [5.74, 6) is 0.828. The Labute approximate surface area is 134 Å². The Balaban J connectivity index is 1.98. The fraction of sp³-hybridized carbons (Fsp3) is 0.667. The van der Waals surface area contributed by atoms with Crippen LogP contribution in [0.15, 0.2) is 18.2 Å². The van der Waals surface area contributed by atoms with Gasteiger partial charge in [0.05, 0.1) is 11.1 Å². The van der Waals surface area contributed by atoms with Gasteiger partial charge in [0.1, 0.15) is 5.75 Å². The zero-order chi connectivity index (χ0) is 15.5. The van der Waals surface area contributed by atoms with Crippen molar-refractivity contribution in [2.45, 2.75) is 65.5 Å². The van der Waals surface area contributed by atoms with Gasteiger partial charge in [-0.2, -0.15) is 0 Å². The molecular formula is C18H28ClNO. The van der Waals surface area contributed by atoms with Crippen LogP contribution in [0.5, 0.6) is 5.75 Å². The Hall–Kier alpha value is -0.730. The summed E-state index contributed by atoms with van der Waals surface area (Å²) in [6, 6.07) is 6.47. The zero-order valence-electron chi connectivity index (χ0n) is 13.7. The molecule has 1 atom stereocenters. The van der Waals surface area contributed by atoms with Crippen LogP contribution in [0.3, 0.4) is 0 Å². The van der Waals surface area contributed by atoms with E-state index in [4.69, 9.17) is 16.3 Å². The molecule has 0 radical (unpaired) electrons. The first kappa shape index (κ1) is 16.6. The summed E-state index contributed by atoms with van der Waals surface area (Å²) in [5, 5.41) is 4.12. The van der Waals surface area contributed by atoms with Crippen LogP contribution in [-0.2, 0) is 0 Å². The van der Waals surface area contributed by atoms with Crippen molar-refractivity contribution in [1.82, 2.24) is 5.32 Å². The van der Waals surface area contributed by atoms with Gasteiger partial charge in [0.2, 0.25) is 0 Å². The number of hydrogen-bond acceptors (Lipinski definition) is 2. The van der Waals surface area contributed by atoms with Gasteiger partial charge in [-0.3, -0.25) is 0 Å². The SMILES string of the molecule is CCNC(C)c1ccc(OC2CCC(C)(C)CC2)c(Cl)c1. The van der Waals surface area contributed by atoms with E-state index < -0.39 is 0 Å². The predicted octanol–water partition coefficient (Wildman–Crippen LogP) is 5.36. The third kappa shape index (κ3) is 4.62. The van der Waals surface area contributed by atoms with Crippen molar-refractivity contribution in [3.63, 3.8) is 0 Å². The standard InChI is InChI=1S/C18H28ClNO/c1-5-20-13(2)14-6-7-17(16(19)12-14)21-15-8-10-18(3,4)11-9-15/h6-7,12-13,15,20H,5,8-11H2,1-4H3. The number of benzene rings is 1. The lowest BCUT2D eigenvalue weighted by Crippen LogP contribution is -2.28. The van der Waals surface area contributed by atoms with E-state index in [1.54, 1.807) is 0 Å². The number of halogens is 1. The van der Waals surface area contributed by atoms with E-state index in [1.165, 1.54) is 18.4 Å². The van der Waals surface area contributed by atoms with Crippen LogP contribution in [0.2, 0.25) is 5.02 Å². The van der Waals surface area contributed by atoms with Crippen LogP contribution < -0.4 is 10.1 Å². The number of nitrogens with one attached hydrogen (secondary N) is 1. The fourth-order valence-electron chi connectivity index (χ4n) is 2.98. The maximum atomic E-state index is 6.40. The first-order chi connectivity index (χ1) is 9.91. The summed E-state index contributed by atoms with van der Waals surface area (Å²) in [6.45, 7) is 9.90. The lowest BCUT2D eigenvalue weighted by atomic mass is 9.76. The highest BCUT2D eigenvalue weighted by Gasteiger charge is 2.28. The van der Waals surface area contributed by atoms with Crippen LogP contribution in [0.4, 0.5) is 0 Å². The third-order valence-corrected chi connectivity index (χ3v) is 4.84. The molecule has 0 amide bonds. The van der Waals surface area contributed by atoms with Crippen LogP contribution in [-0.4, -0.2) is 12.6 Å². The Morgan fingerprint density at radius 2 is 2.00 bits per heavy atom. The van der Waals surface area contributed by atoms with Gasteiger partial charge in [0.15, 0.2) is 0 Å². The van der Waals surface area contributed by atoms with Gasteiger partial charge in [-0.15, -0.1) is 0 Å². The average Bonchev–Trinajstić information content (AvgIpc) is 2.43. The highest BCUT2D eigenvalue weighted by molar-refractivity contribution is 6.32. The Kier molecular flexibility index (Phi) is 5.56. The normalized spacial score (nSPS) is 20.2. The monoisotopic (exact) mass is 309 g/mol. The first-order valence-electron chi connectivity index (χ1n) is 8.11. The third-order valence-electron chi connectivity index (χ3n) is 4.55. The van der Waals surface area contributed by atoms with E-state index in [0.29, 0.717) is 17.6 Å². The molecule has 2 rings (SSSR count). The van der Waals surface area contributed by atoms with Crippen molar-refractivity contribution in [2.75, 3.05) is 6.54 Å². The van der Waals surface area contributed by atoms with E-state index in [0.717, 1.165) is 30.2 Å². The molecule has 0 bridgehead atoms. The van der Waals surface area contributed by atoms with Crippen LogP contribution in [0, 0.1) is 5.41 Å². The Morgan fingerprint density at radius 3 is 2.57 bits per heavy atom. The van der Waals surface area contributed by atoms with Gasteiger partial charge >= 0.3 is 0 Å². The van der Waals surface area contributed by atoms with Gasteiger partial charge in [0.25, 0.3) is 0 Å². The van der Waals surface area contributed by atoms with Crippen molar-refractivity contribution in [1.29, 1.82) is 0 Å². The molecule has 0 spiro atoms. The Bertz CT molecular complexity index is 462. The molecule has 1 unspecified atom stereocenters. The van der Waals surface area contributed by atoms with E-state index in [9.17, 15) is 0 Å². The summed E-state index contributed by atoms with van der Waals surface area (Å²) in [4.78, 5) is 0. The van der Waals surface area contributed by atoms with E-state index in [2.05, 4.69) is 39.1 Å². The second kappa shape index (κ2) is 7.02. The minimum Gasteiger partial charge on any atom is -0.489 e. The number of hydrogen-bond donors (Lipinski definition) is 1. The molecule has 21 heavy (non-hydrogen) atoms. The highest BCUT2D eigenvalue weighted by atomic mass is 35.5. The van der Waals surface area contributed by atoms with Gasteiger partial charge < -0.3 is 10.1 Å². The quantitative estimate of drug-likeness (QED) is 0.790. The van der Waals surface area contributed by atoms with Gasteiger partial charge in [-0.1, -0.05) is 38.4 Å². The van der Waals surface area contributed by atoms with Gasteiger partial charge in [-0.05, 0) is 62.3 Å². The molecule has 1 aromatic carbocycles. The maximum absolute atomic E-state index is 6.40. The summed E-state index contributed by atoms with van der Waals surface area (Å²) in [5.41, 5.74) is 1.67. The van der Waals surface area contributed by atoms with Crippen molar-refractivity contribution < 1.29 is 4.74 Å². The summed E-state index contributed by atoms with van der Waals surface area (Å²) in [6.07, 6.45) is 5.01. The van der Waals surface area contributed by atoms with Gasteiger partial charge in [0, 0.05) is 6.04 Å². The predicted molar refractivity (Wildman–Crippen MR) is 90.2 cm³/mol. The van der Waals surface area contributed by atoms with Crippen molar-refractivity contribution in [3.8, 4) is 5.75 Å². The van der Waals surface area contributed by atoms with Gasteiger partial charge in [-0.25, -0.2) is 0 Å². The zero-order valence-corrected chi connectivity index (χ0v) is 14.5. The first-order valence-corrected chi connectivity index (χ1v) is 8.48. The molecule has 0 heterocycles. The smallest absolute Gasteiger partial charge is 0.138 e. The van der Waals surface area contributed by atoms with Crippen molar-refractivity contribution >= 4 is 11.6 Å². The minimum atomic E-state index is 0.313. The number of rotatable bonds is 5. The molecule has 1 aliphatic carbocycles. The molecular weight excluding hydrogens is 282 g/mol. The van der Waals surface area contributed by atoms with Crippen LogP contribution in [0.25, 0.3) is 0 Å². The van der Waals surface area contributed by atoms with E-state index >= 15 is 0 Å². The van der Waals surface area contributed by atoms with Crippen LogP contribution in [0.1, 0.15) is 65.0 Å². The second-order valence-electron chi connectivity index (χ2n) is 6.95. The van der Waals surface area contributed by atoms with E-state index in [1.807, 2.05) is 12.1 Å². The summed E-state index contributed by atoms with van der Waals surface area (Å²) in [7, 11) is 0. The second-order valence-corrected chi connectivity index (χ2v) is 7.36. The maximum Gasteiger partial charge on any atom is 0.138 e. The molecule has 0 aromatic heterocycles. The lowest BCUT2D eigenvalue weighted by molar-refractivity contribution is 0.0988. The molecule has 0 saturated heterocycles. The Morgan fingerprint density at radius 1 is 1.33 bits per heavy atom. The van der Waals surface area contributed by atoms with Crippen molar-refractivity contribution in [2.24, 2.45) is 5.41 Å². The minimum absolute atomic E-state index is 0.313. The summed E-state index contributed by atoms with van der Waals surface area (Å²) >= 11 is 6.40. The molecule has 1 aromatic rings. The molecule has 3 heteroatoms. The highest BCUT2D eigenvalue weighted by Crippen LogP contribution is 2.38. The van der Waals surface area contributed by atoms with Crippen LogP contribution >= 0.6 is 11.6 Å². The molecule has 1 fully saturated rings. The molecule has 1 saturated carbocycles. The topological polar surface area (TPSA) is 21.3 Å². The lowest BCUT2D eigenvalue weighted by Gasteiger charge is -2.34. The molecule has 0 aliphatic heterocycles. The molecule has 1 N–H and O–H groups in total. The molecule has 118 valence electrons. The fourth-order valence-corrected chi connectivity index (χ4v) is 3.21. The number of ether oxygens (including phenoxy) is 1. The average molecular weight is 310 g/mol. The van der Waals surface area contributed by atoms with Crippen molar-refractivity contribution in [3.05, 3.63) is 28.8 Å². The molecule has 2 nitrogen and oxygen atoms in total.